The molecule has 2 aromatic rings. The molecule has 94 valence electrons. The number of aromatic nitrogens is 3. The molecule has 0 saturated heterocycles. The van der Waals surface area contributed by atoms with Crippen LogP contribution in [0.1, 0.15) is 24.0 Å². The number of hydrogen-bond donors (Lipinski definition) is 0. The highest BCUT2D eigenvalue weighted by Crippen LogP contribution is 2.08. The largest absolute Gasteiger partial charge is 0.290 e. The minimum Gasteiger partial charge on any atom is -0.290 e. The molecule has 0 spiro atoms. The fourth-order valence-electron chi connectivity index (χ4n) is 1.80. The standard InChI is InChI=1S/C13H14ClN3O/c1-3-12-16-11(14)7-13(18)17(12)8-10-9(2)5-4-6-15-10/h4-7H,3,8H2,1-2H3. The second-order valence-electron chi connectivity index (χ2n) is 4.04. The van der Waals surface area contributed by atoms with Crippen LogP contribution in [0.2, 0.25) is 5.15 Å². The van der Waals surface area contributed by atoms with Crippen molar-refractivity contribution < 1.29 is 0 Å². The smallest absolute Gasteiger partial charge is 0.255 e. The van der Waals surface area contributed by atoms with Gasteiger partial charge in [0.05, 0.1) is 12.2 Å². The van der Waals surface area contributed by atoms with E-state index in [9.17, 15) is 4.79 Å². The Morgan fingerprint density at radius 1 is 1.44 bits per heavy atom. The third kappa shape index (κ3) is 2.59. The second kappa shape index (κ2) is 5.31. The zero-order valence-corrected chi connectivity index (χ0v) is 11.1. The fourth-order valence-corrected chi connectivity index (χ4v) is 1.99. The number of hydrogen-bond acceptors (Lipinski definition) is 3. The van der Waals surface area contributed by atoms with E-state index in [0.717, 1.165) is 11.3 Å². The van der Waals surface area contributed by atoms with Gasteiger partial charge in [0.15, 0.2) is 0 Å². The molecule has 0 amide bonds. The van der Waals surface area contributed by atoms with Crippen LogP contribution in [0.5, 0.6) is 0 Å². The molecule has 0 fully saturated rings. The van der Waals surface area contributed by atoms with Gasteiger partial charge in [0.1, 0.15) is 11.0 Å². The van der Waals surface area contributed by atoms with Crippen molar-refractivity contribution in [3.63, 3.8) is 0 Å². The Labute approximate surface area is 110 Å². The lowest BCUT2D eigenvalue weighted by Crippen LogP contribution is -2.25. The van der Waals surface area contributed by atoms with Crippen LogP contribution in [0.4, 0.5) is 0 Å². The van der Waals surface area contributed by atoms with E-state index in [0.29, 0.717) is 18.8 Å². The number of pyridine rings is 1. The molecule has 0 bridgehead atoms. The van der Waals surface area contributed by atoms with Crippen LogP contribution < -0.4 is 5.56 Å². The van der Waals surface area contributed by atoms with Crippen molar-refractivity contribution in [3.8, 4) is 0 Å². The summed E-state index contributed by atoms with van der Waals surface area (Å²) in [6.07, 6.45) is 2.38. The van der Waals surface area contributed by atoms with Crippen LogP contribution in [0.15, 0.2) is 29.2 Å². The maximum atomic E-state index is 11.9. The number of halogens is 1. The summed E-state index contributed by atoms with van der Waals surface area (Å²) < 4.78 is 1.61. The quantitative estimate of drug-likeness (QED) is 0.798. The average Bonchev–Trinajstić information content (AvgIpc) is 2.34. The first-order valence-corrected chi connectivity index (χ1v) is 6.16. The Kier molecular flexibility index (Phi) is 3.77. The molecule has 4 nitrogen and oxygen atoms in total. The minimum absolute atomic E-state index is 0.142. The van der Waals surface area contributed by atoms with E-state index in [1.807, 2.05) is 26.0 Å². The topological polar surface area (TPSA) is 47.8 Å². The van der Waals surface area contributed by atoms with Crippen molar-refractivity contribution in [1.82, 2.24) is 14.5 Å². The molecule has 0 aliphatic rings. The zero-order chi connectivity index (χ0) is 13.1. The van der Waals surface area contributed by atoms with Crippen molar-refractivity contribution in [3.05, 3.63) is 57.0 Å². The lowest BCUT2D eigenvalue weighted by Gasteiger charge is -2.11. The van der Waals surface area contributed by atoms with Crippen LogP contribution in [0.3, 0.4) is 0 Å². The third-order valence-corrected chi connectivity index (χ3v) is 2.99. The monoisotopic (exact) mass is 263 g/mol. The summed E-state index contributed by atoms with van der Waals surface area (Å²) in [4.78, 5) is 20.4. The first-order chi connectivity index (χ1) is 8.61. The Hall–Kier alpha value is -1.68. The first kappa shape index (κ1) is 12.8. The number of rotatable bonds is 3. The Morgan fingerprint density at radius 2 is 2.22 bits per heavy atom. The Balaban J connectivity index is 2.47. The Bertz CT molecular complexity index is 622. The van der Waals surface area contributed by atoms with Gasteiger partial charge < -0.3 is 0 Å². The van der Waals surface area contributed by atoms with Gasteiger partial charge in [-0.15, -0.1) is 0 Å². The molecular formula is C13H14ClN3O. The molecule has 18 heavy (non-hydrogen) atoms. The normalized spacial score (nSPS) is 10.6. The summed E-state index contributed by atoms with van der Waals surface area (Å²) in [5, 5.41) is 0.242. The van der Waals surface area contributed by atoms with Gasteiger partial charge in [0.2, 0.25) is 0 Å². The summed E-state index contributed by atoms with van der Waals surface area (Å²) in [5.41, 5.74) is 1.79. The Morgan fingerprint density at radius 3 is 2.89 bits per heavy atom. The van der Waals surface area contributed by atoms with Crippen LogP contribution in [0, 0.1) is 6.92 Å². The molecule has 2 aromatic heterocycles. The van der Waals surface area contributed by atoms with E-state index >= 15 is 0 Å². The number of aryl methyl sites for hydroxylation is 2. The molecule has 0 aliphatic carbocycles. The van der Waals surface area contributed by atoms with E-state index < -0.39 is 0 Å². The van der Waals surface area contributed by atoms with Gasteiger partial charge in [0.25, 0.3) is 5.56 Å². The molecule has 0 aliphatic heterocycles. The van der Waals surface area contributed by atoms with Gasteiger partial charge >= 0.3 is 0 Å². The summed E-state index contributed by atoms with van der Waals surface area (Å²) >= 11 is 5.80. The molecule has 2 heterocycles. The molecule has 2 rings (SSSR count). The van der Waals surface area contributed by atoms with Crippen molar-refractivity contribution in [2.75, 3.05) is 0 Å². The average molecular weight is 264 g/mol. The van der Waals surface area contributed by atoms with Gasteiger partial charge in [-0.3, -0.25) is 14.3 Å². The van der Waals surface area contributed by atoms with Crippen molar-refractivity contribution in [1.29, 1.82) is 0 Å². The van der Waals surface area contributed by atoms with E-state index in [1.165, 1.54) is 6.07 Å². The molecule has 0 atom stereocenters. The highest BCUT2D eigenvalue weighted by atomic mass is 35.5. The maximum Gasteiger partial charge on any atom is 0.255 e. The summed E-state index contributed by atoms with van der Waals surface area (Å²) in [6, 6.07) is 5.18. The predicted molar refractivity (Wildman–Crippen MR) is 71.0 cm³/mol. The van der Waals surface area contributed by atoms with Gasteiger partial charge in [-0.1, -0.05) is 24.6 Å². The van der Waals surface area contributed by atoms with E-state index in [-0.39, 0.29) is 10.7 Å². The van der Waals surface area contributed by atoms with Crippen molar-refractivity contribution >= 4 is 11.6 Å². The number of nitrogens with zero attached hydrogens (tertiary/aromatic N) is 3. The zero-order valence-electron chi connectivity index (χ0n) is 10.4. The van der Waals surface area contributed by atoms with Crippen LogP contribution in [-0.2, 0) is 13.0 Å². The van der Waals surface area contributed by atoms with Crippen LogP contribution in [0.25, 0.3) is 0 Å². The molecule has 0 aromatic carbocycles. The third-order valence-electron chi connectivity index (χ3n) is 2.80. The van der Waals surface area contributed by atoms with Gasteiger partial charge in [-0.25, -0.2) is 4.98 Å². The van der Waals surface area contributed by atoms with Gasteiger partial charge in [-0.2, -0.15) is 0 Å². The summed E-state index contributed by atoms with van der Waals surface area (Å²) in [6.45, 7) is 4.35. The van der Waals surface area contributed by atoms with Gasteiger partial charge in [-0.05, 0) is 18.6 Å². The predicted octanol–water partition coefficient (Wildman–Crippen LogP) is 2.21. The lowest BCUT2D eigenvalue weighted by atomic mass is 10.2. The summed E-state index contributed by atoms with van der Waals surface area (Å²) in [7, 11) is 0. The van der Waals surface area contributed by atoms with E-state index in [1.54, 1.807) is 10.8 Å². The van der Waals surface area contributed by atoms with E-state index in [2.05, 4.69) is 9.97 Å². The van der Waals surface area contributed by atoms with Gasteiger partial charge in [0, 0.05) is 18.7 Å². The highest BCUT2D eigenvalue weighted by Gasteiger charge is 2.08. The lowest BCUT2D eigenvalue weighted by molar-refractivity contribution is 0.660. The summed E-state index contributed by atoms with van der Waals surface area (Å²) in [5.74, 6) is 0.678. The van der Waals surface area contributed by atoms with E-state index in [4.69, 9.17) is 11.6 Å². The molecule has 0 N–H and O–H groups in total. The molecule has 5 heteroatoms. The molecule has 0 radical (unpaired) electrons. The van der Waals surface area contributed by atoms with Crippen molar-refractivity contribution in [2.45, 2.75) is 26.8 Å². The van der Waals surface area contributed by atoms with Crippen LogP contribution >= 0.6 is 11.6 Å². The SMILES string of the molecule is CCc1nc(Cl)cc(=O)n1Cc1ncccc1C. The molecule has 0 saturated carbocycles. The first-order valence-electron chi connectivity index (χ1n) is 5.78. The molecular weight excluding hydrogens is 250 g/mol. The molecule has 0 unspecified atom stereocenters. The van der Waals surface area contributed by atoms with Crippen LogP contribution in [-0.4, -0.2) is 14.5 Å². The highest BCUT2D eigenvalue weighted by molar-refractivity contribution is 6.29. The second-order valence-corrected chi connectivity index (χ2v) is 4.43. The maximum absolute atomic E-state index is 11.9. The van der Waals surface area contributed by atoms with Crippen molar-refractivity contribution in [2.24, 2.45) is 0 Å². The minimum atomic E-state index is -0.142. The fraction of sp³-hybridized carbons (Fsp3) is 0.308.